The second kappa shape index (κ2) is 4.17. The van der Waals surface area contributed by atoms with Crippen molar-refractivity contribution < 1.29 is 4.39 Å². The number of halogens is 1. The molecule has 0 fully saturated rings. The molecule has 0 aromatic heterocycles. The molecule has 1 aliphatic carbocycles. The van der Waals surface area contributed by atoms with Crippen molar-refractivity contribution in [3.63, 3.8) is 0 Å². The summed E-state index contributed by atoms with van der Waals surface area (Å²) in [5.74, 6) is 0.385. The predicted octanol–water partition coefficient (Wildman–Crippen LogP) is 3.37. The van der Waals surface area contributed by atoms with Crippen molar-refractivity contribution in [3.8, 4) is 0 Å². The van der Waals surface area contributed by atoms with Crippen LogP contribution in [0.1, 0.15) is 50.2 Å². The summed E-state index contributed by atoms with van der Waals surface area (Å²) >= 11 is 0. The van der Waals surface area contributed by atoms with Gasteiger partial charge in [-0.15, -0.1) is 0 Å². The van der Waals surface area contributed by atoms with Crippen LogP contribution >= 0.6 is 0 Å². The SMILES string of the molecule is CC(C)(N)CC1CCCc2cc(F)ccc21. The van der Waals surface area contributed by atoms with Crippen molar-refractivity contribution in [2.24, 2.45) is 5.73 Å². The zero-order chi connectivity index (χ0) is 11.8. The lowest BCUT2D eigenvalue weighted by Crippen LogP contribution is -2.34. The number of fused-ring (bicyclic) bond motifs is 1. The van der Waals surface area contributed by atoms with Gasteiger partial charge in [-0.25, -0.2) is 4.39 Å². The third-order valence-electron chi connectivity index (χ3n) is 3.32. The number of aryl methyl sites for hydroxylation is 1. The van der Waals surface area contributed by atoms with Crippen molar-refractivity contribution in [2.45, 2.75) is 51.0 Å². The van der Waals surface area contributed by atoms with E-state index in [1.54, 1.807) is 12.1 Å². The fraction of sp³-hybridized carbons (Fsp3) is 0.571. The molecule has 2 heteroatoms. The maximum Gasteiger partial charge on any atom is 0.123 e. The number of rotatable bonds is 2. The molecule has 0 aliphatic heterocycles. The van der Waals surface area contributed by atoms with Crippen molar-refractivity contribution >= 4 is 0 Å². The molecule has 0 radical (unpaired) electrons. The maximum atomic E-state index is 13.1. The minimum atomic E-state index is -0.145. The van der Waals surface area contributed by atoms with Crippen LogP contribution in [0.4, 0.5) is 4.39 Å². The Morgan fingerprint density at radius 2 is 2.19 bits per heavy atom. The van der Waals surface area contributed by atoms with E-state index in [0.29, 0.717) is 5.92 Å². The fourth-order valence-corrected chi connectivity index (χ4v) is 2.73. The van der Waals surface area contributed by atoms with E-state index in [0.717, 1.165) is 19.3 Å². The molecule has 0 heterocycles. The molecule has 16 heavy (non-hydrogen) atoms. The Labute approximate surface area is 96.9 Å². The molecule has 2 N–H and O–H groups in total. The molecular formula is C14H20FN. The molecule has 0 saturated carbocycles. The first kappa shape index (κ1) is 11.6. The van der Waals surface area contributed by atoms with Crippen molar-refractivity contribution in [2.75, 3.05) is 0 Å². The van der Waals surface area contributed by atoms with E-state index in [2.05, 4.69) is 13.8 Å². The van der Waals surface area contributed by atoms with Gasteiger partial charge in [0.05, 0.1) is 0 Å². The average molecular weight is 221 g/mol. The molecule has 1 aromatic rings. The smallest absolute Gasteiger partial charge is 0.123 e. The lowest BCUT2D eigenvalue weighted by molar-refractivity contribution is 0.392. The molecule has 0 saturated heterocycles. The molecule has 0 spiro atoms. The molecule has 2 rings (SSSR count). The number of benzene rings is 1. The van der Waals surface area contributed by atoms with Crippen LogP contribution in [0.5, 0.6) is 0 Å². The highest BCUT2D eigenvalue weighted by Gasteiger charge is 2.25. The molecule has 0 amide bonds. The van der Waals surface area contributed by atoms with Gasteiger partial charge < -0.3 is 5.73 Å². The van der Waals surface area contributed by atoms with E-state index in [9.17, 15) is 4.39 Å². The minimum absolute atomic E-state index is 0.119. The van der Waals surface area contributed by atoms with Crippen molar-refractivity contribution in [1.82, 2.24) is 0 Å². The molecule has 88 valence electrons. The topological polar surface area (TPSA) is 26.0 Å². The van der Waals surface area contributed by atoms with E-state index in [1.807, 2.05) is 6.07 Å². The van der Waals surface area contributed by atoms with Gasteiger partial charge in [0, 0.05) is 5.54 Å². The summed E-state index contributed by atoms with van der Waals surface area (Å²) in [6, 6.07) is 5.20. The summed E-state index contributed by atoms with van der Waals surface area (Å²) in [5, 5.41) is 0. The quantitative estimate of drug-likeness (QED) is 0.814. The monoisotopic (exact) mass is 221 g/mol. The van der Waals surface area contributed by atoms with E-state index < -0.39 is 0 Å². The van der Waals surface area contributed by atoms with Crippen molar-refractivity contribution in [1.29, 1.82) is 0 Å². The Hall–Kier alpha value is -0.890. The van der Waals surface area contributed by atoms with Crippen LogP contribution in [0.3, 0.4) is 0 Å². The molecule has 1 unspecified atom stereocenters. The minimum Gasteiger partial charge on any atom is -0.326 e. The number of hydrogen-bond donors (Lipinski definition) is 1. The van der Waals surface area contributed by atoms with Crippen molar-refractivity contribution in [3.05, 3.63) is 35.1 Å². The molecule has 1 aromatic carbocycles. The van der Waals surface area contributed by atoms with Gasteiger partial charge in [-0.2, -0.15) is 0 Å². The predicted molar refractivity (Wildman–Crippen MR) is 65.0 cm³/mol. The van der Waals surface area contributed by atoms with Gasteiger partial charge >= 0.3 is 0 Å². The van der Waals surface area contributed by atoms with Crippen LogP contribution in [0.2, 0.25) is 0 Å². The summed E-state index contributed by atoms with van der Waals surface area (Å²) in [5.41, 5.74) is 8.43. The van der Waals surface area contributed by atoms with Gasteiger partial charge in [0.25, 0.3) is 0 Å². The Morgan fingerprint density at radius 3 is 2.88 bits per heavy atom. The van der Waals surface area contributed by atoms with Gasteiger partial charge in [0.2, 0.25) is 0 Å². The summed E-state index contributed by atoms with van der Waals surface area (Å²) in [6.45, 7) is 4.12. The normalized spacial score (nSPS) is 20.6. The first-order valence-corrected chi connectivity index (χ1v) is 6.03. The van der Waals surface area contributed by atoms with Gasteiger partial charge in [0.15, 0.2) is 0 Å². The highest BCUT2D eigenvalue weighted by atomic mass is 19.1. The second-order valence-corrected chi connectivity index (χ2v) is 5.62. The number of nitrogens with two attached hydrogens (primary N) is 1. The first-order valence-electron chi connectivity index (χ1n) is 6.03. The Kier molecular flexibility index (Phi) is 3.02. The van der Waals surface area contributed by atoms with E-state index in [-0.39, 0.29) is 11.4 Å². The molecule has 1 nitrogen and oxygen atoms in total. The van der Waals surface area contributed by atoms with Crippen LogP contribution in [0, 0.1) is 5.82 Å². The average Bonchev–Trinajstić information content (AvgIpc) is 2.15. The zero-order valence-electron chi connectivity index (χ0n) is 10.1. The molecule has 0 bridgehead atoms. The Bertz CT molecular complexity index is 379. The summed E-state index contributed by atoms with van der Waals surface area (Å²) < 4.78 is 13.1. The lowest BCUT2D eigenvalue weighted by Gasteiger charge is -2.31. The lowest BCUT2D eigenvalue weighted by atomic mass is 9.77. The largest absolute Gasteiger partial charge is 0.326 e. The second-order valence-electron chi connectivity index (χ2n) is 5.62. The first-order chi connectivity index (χ1) is 7.46. The van der Waals surface area contributed by atoms with E-state index >= 15 is 0 Å². The van der Waals surface area contributed by atoms with E-state index in [1.165, 1.54) is 17.5 Å². The molecule has 1 atom stereocenters. The standard InChI is InChI=1S/C14H20FN/c1-14(2,16)9-11-5-3-4-10-8-12(15)6-7-13(10)11/h6-8,11H,3-5,9,16H2,1-2H3. The number of hydrogen-bond acceptors (Lipinski definition) is 1. The Balaban J connectivity index is 2.26. The highest BCUT2D eigenvalue weighted by Crippen LogP contribution is 2.36. The van der Waals surface area contributed by atoms with Gasteiger partial charge in [-0.05, 0) is 68.7 Å². The summed E-state index contributed by atoms with van der Waals surface area (Å²) in [4.78, 5) is 0. The third kappa shape index (κ3) is 2.62. The van der Waals surface area contributed by atoms with Crippen LogP contribution < -0.4 is 5.73 Å². The molecular weight excluding hydrogens is 201 g/mol. The van der Waals surface area contributed by atoms with Gasteiger partial charge in [0.1, 0.15) is 5.82 Å². The zero-order valence-corrected chi connectivity index (χ0v) is 10.1. The fourth-order valence-electron chi connectivity index (χ4n) is 2.73. The van der Waals surface area contributed by atoms with Crippen LogP contribution in [0.15, 0.2) is 18.2 Å². The summed E-state index contributed by atoms with van der Waals surface area (Å²) in [7, 11) is 0. The maximum absolute atomic E-state index is 13.1. The van der Waals surface area contributed by atoms with E-state index in [4.69, 9.17) is 5.73 Å². The van der Waals surface area contributed by atoms with Crippen LogP contribution in [-0.4, -0.2) is 5.54 Å². The highest BCUT2D eigenvalue weighted by molar-refractivity contribution is 5.33. The van der Waals surface area contributed by atoms with Gasteiger partial charge in [-0.1, -0.05) is 6.07 Å². The van der Waals surface area contributed by atoms with Crippen LogP contribution in [0.25, 0.3) is 0 Å². The molecule has 1 aliphatic rings. The van der Waals surface area contributed by atoms with Crippen LogP contribution in [-0.2, 0) is 6.42 Å². The Morgan fingerprint density at radius 1 is 1.44 bits per heavy atom. The van der Waals surface area contributed by atoms with Gasteiger partial charge in [-0.3, -0.25) is 0 Å². The summed E-state index contributed by atoms with van der Waals surface area (Å²) in [6.07, 6.45) is 4.32. The third-order valence-corrected chi connectivity index (χ3v) is 3.32.